The van der Waals surface area contributed by atoms with Gasteiger partial charge in [-0.3, -0.25) is 0 Å². The Bertz CT molecular complexity index is 834. The van der Waals surface area contributed by atoms with Crippen molar-refractivity contribution in [1.29, 1.82) is 0 Å². The van der Waals surface area contributed by atoms with Gasteiger partial charge in [-0.05, 0) is 43.7 Å². The molecule has 2 aromatic carbocycles. The molecule has 2 rings (SSSR count). The van der Waals surface area contributed by atoms with Gasteiger partial charge in [0.05, 0.1) is 10.1 Å². The Kier molecular flexibility index (Phi) is 6.34. The van der Waals surface area contributed by atoms with Crippen LogP contribution in [0.3, 0.4) is 0 Å². The maximum Gasteiger partial charge on any atom is 0.238 e. The molecule has 0 aliphatic carbocycles. The second kappa shape index (κ2) is 8.09. The van der Waals surface area contributed by atoms with E-state index >= 15 is 0 Å². The normalized spacial score (nSPS) is 14.1. The smallest absolute Gasteiger partial charge is 0.238 e. The molecule has 0 aromatic heterocycles. The predicted octanol–water partition coefficient (Wildman–Crippen LogP) is 2.26. The number of benzene rings is 2. The molecule has 0 spiro atoms. The standard InChI is InChI=1S/C17H22N2O4S2/c1-13-3-5-15(6-4-13)12-19(11-14(2)24(20)21)16-7-9-17(10-8-16)25(18,22)23/h3-10,14H,11-12H2,1-2H3,(H,20,21)(H2,18,22,23). The molecular formula is C17H22N2O4S2. The third-order valence-electron chi connectivity index (χ3n) is 3.85. The molecule has 2 atom stereocenters. The van der Waals surface area contributed by atoms with Crippen molar-refractivity contribution in [3.63, 3.8) is 0 Å². The van der Waals surface area contributed by atoms with Crippen molar-refractivity contribution in [3.8, 4) is 0 Å². The topological polar surface area (TPSA) is 101 Å². The van der Waals surface area contributed by atoms with Crippen LogP contribution >= 0.6 is 0 Å². The summed E-state index contributed by atoms with van der Waals surface area (Å²) in [5, 5.41) is 4.67. The van der Waals surface area contributed by atoms with Crippen LogP contribution in [0, 0.1) is 6.92 Å². The number of nitrogens with two attached hydrogens (primary N) is 1. The molecule has 25 heavy (non-hydrogen) atoms. The first-order valence-corrected chi connectivity index (χ1v) is 10.4. The van der Waals surface area contributed by atoms with Crippen molar-refractivity contribution in [3.05, 3.63) is 59.7 Å². The number of primary sulfonamides is 1. The van der Waals surface area contributed by atoms with Gasteiger partial charge >= 0.3 is 0 Å². The van der Waals surface area contributed by atoms with E-state index in [4.69, 9.17) is 5.14 Å². The van der Waals surface area contributed by atoms with Gasteiger partial charge in [0.25, 0.3) is 0 Å². The van der Waals surface area contributed by atoms with Crippen molar-refractivity contribution >= 4 is 26.8 Å². The van der Waals surface area contributed by atoms with Crippen LogP contribution in [-0.4, -0.2) is 29.0 Å². The Morgan fingerprint density at radius 2 is 1.68 bits per heavy atom. The number of nitrogens with zero attached hydrogens (tertiary/aromatic N) is 1. The molecule has 8 heteroatoms. The summed E-state index contributed by atoms with van der Waals surface area (Å²) < 4.78 is 43.4. The van der Waals surface area contributed by atoms with Crippen LogP contribution < -0.4 is 10.0 Å². The lowest BCUT2D eigenvalue weighted by Gasteiger charge is -2.27. The number of aryl methyl sites for hydroxylation is 1. The third kappa shape index (κ3) is 5.64. The summed E-state index contributed by atoms with van der Waals surface area (Å²) in [5.41, 5.74) is 2.96. The first kappa shape index (κ1) is 19.6. The van der Waals surface area contributed by atoms with E-state index in [1.807, 2.05) is 36.1 Å². The first-order chi connectivity index (χ1) is 11.7. The van der Waals surface area contributed by atoms with Crippen molar-refractivity contribution in [2.75, 3.05) is 11.4 Å². The Labute approximate surface area is 151 Å². The summed E-state index contributed by atoms with van der Waals surface area (Å²) in [7, 11) is -3.75. The predicted molar refractivity (Wildman–Crippen MR) is 100 cm³/mol. The summed E-state index contributed by atoms with van der Waals surface area (Å²) in [5.74, 6) is 0. The Morgan fingerprint density at radius 3 is 2.16 bits per heavy atom. The van der Waals surface area contributed by atoms with E-state index in [9.17, 15) is 17.2 Å². The number of hydrogen-bond acceptors (Lipinski definition) is 4. The van der Waals surface area contributed by atoms with E-state index in [0.717, 1.165) is 16.8 Å². The molecule has 0 radical (unpaired) electrons. The van der Waals surface area contributed by atoms with Gasteiger partial charge in [-0.2, -0.15) is 0 Å². The molecule has 2 unspecified atom stereocenters. The van der Waals surface area contributed by atoms with E-state index in [1.165, 1.54) is 12.1 Å². The number of sulfonamides is 1. The van der Waals surface area contributed by atoms with Crippen LogP contribution in [0.2, 0.25) is 0 Å². The lowest BCUT2D eigenvalue weighted by molar-refractivity contribution is 0.548. The Balaban J connectivity index is 2.29. The summed E-state index contributed by atoms with van der Waals surface area (Å²) >= 11 is -1.94. The monoisotopic (exact) mass is 382 g/mol. The van der Waals surface area contributed by atoms with E-state index in [2.05, 4.69) is 0 Å². The average Bonchev–Trinajstić information content (AvgIpc) is 2.55. The second-order valence-corrected chi connectivity index (χ2v) is 8.91. The van der Waals surface area contributed by atoms with Gasteiger partial charge in [-0.25, -0.2) is 17.8 Å². The molecular weight excluding hydrogens is 360 g/mol. The zero-order valence-corrected chi connectivity index (χ0v) is 15.8. The molecule has 0 saturated heterocycles. The van der Waals surface area contributed by atoms with Crippen molar-refractivity contribution in [2.24, 2.45) is 5.14 Å². The summed E-state index contributed by atoms with van der Waals surface area (Å²) in [4.78, 5) is 1.97. The van der Waals surface area contributed by atoms with Crippen LogP contribution in [0.5, 0.6) is 0 Å². The Morgan fingerprint density at radius 1 is 1.12 bits per heavy atom. The van der Waals surface area contributed by atoms with Gasteiger partial charge in [0.1, 0.15) is 0 Å². The third-order valence-corrected chi connectivity index (χ3v) is 5.61. The van der Waals surface area contributed by atoms with Crippen LogP contribution in [0.4, 0.5) is 5.69 Å². The molecule has 2 aromatic rings. The lowest BCUT2D eigenvalue weighted by Crippen LogP contribution is -2.32. The molecule has 0 heterocycles. The van der Waals surface area contributed by atoms with Crippen LogP contribution in [0.1, 0.15) is 18.1 Å². The molecule has 0 aliphatic heterocycles. The lowest BCUT2D eigenvalue weighted by atomic mass is 10.1. The zero-order chi connectivity index (χ0) is 18.6. The SMILES string of the molecule is Cc1ccc(CN(CC(C)S(=O)O)c2ccc(S(N)(=O)=O)cc2)cc1. The van der Waals surface area contributed by atoms with Crippen molar-refractivity contribution in [1.82, 2.24) is 0 Å². The van der Waals surface area contributed by atoms with Crippen LogP contribution in [0.15, 0.2) is 53.4 Å². The fourth-order valence-corrected chi connectivity index (χ4v) is 3.22. The van der Waals surface area contributed by atoms with E-state index in [0.29, 0.717) is 13.1 Å². The quantitative estimate of drug-likeness (QED) is 0.716. The fourth-order valence-electron chi connectivity index (χ4n) is 2.40. The molecule has 0 bridgehead atoms. The van der Waals surface area contributed by atoms with E-state index in [-0.39, 0.29) is 4.90 Å². The molecule has 0 fully saturated rings. The van der Waals surface area contributed by atoms with Gasteiger partial charge in [-0.15, -0.1) is 0 Å². The van der Waals surface area contributed by atoms with Gasteiger partial charge in [0, 0.05) is 18.8 Å². The maximum atomic E-state index is 11.4. The molecule has 3 N–H and O–H groups in total. The first-order valence-electron chi connectivity index (χ1n) is 7.70. The molecule has 0 saturated carbocycles. The molecule has 6 nitrogen and oxygen atoms in total. The minimum absolute atomic E-state index is 0.0327. The van der Waals surface area contributed by atoms with Gasteiger partial charge in [0.2, 0.25) is 10.0 Å². The van der Waals surface area contributed by atoms with Crippen LogP contribution in [-0.2, 0) is 27.6 Å². The highest BCUT2D eigenvalue weighted by molar-refractivity contribution is 7.89. The number of anilines is 1. The fraction of sp³-hybridized carbons (Fsp3) is 0.294. The van der Waals surface area contributed by atoms with Crippen LogP contribution in [0.25, 0.3) is 0 Å². The summed E-state index contributed by atoms with van der Waals surface area (Å²) in [6.45, 7) is 4.59. The average molecular weight is 383 g/mol. The zero-order valence-electron chi connectivity index (χ0n) is 14.1. The molecule has 136 valence electrons. The maximum absolute atomic E-state index is 11.4. The largest absolute Gasteiger partial charge is 0.366 e. The van der Waals surface area contributed by atoms with Crippen molar-refractivity contribution in [2.45, 2.75) is 30.5 Å². The van der Waals surface area contributed by atoms with Gasteiger partial charge < -0.3 is 9.45 Å². The highest BCUT2D eigenvalue weighted by Crippen LogP contribution is 2.21. The minimum Gasteiger partial charge on any atom is -0.366 e. The number of hydrogen-bond donors (Lipinski definition) is 2. The highest BCUT2D eigenvalue weighted by atomic mass is 32.2. The van der Waals surface area contributed by atoms with E-state index in [1.54, 1.807) is 19.1 Å². The van der Waals surface area contributed by atoms with Gasteiger partial charge in [0.15, 0.2) is 11.1 Å². The van der Waals surface area contributed by atoms with E-state index < -0.39 is 26.4 Å². The second-order valence-electron chi connectivity index (χ2n) is 5.99. The van der Waals surface area contributed by atoms with Crippen molar-refractivity contribution < 1.29 is 17.2 Å². The molecule has 0 aliphatic rings. The minimum atomic E-state index is -3.75. The summed E-state index contributed by atoms with van der Waals surface area (Å²) in [6.07, 6.45) is 0. The molecule has 0 amide bonds. The van der Waals surface area contributed by atoms with Gasteiger partial charge in [-0.1, -0.05) is 29.8 Å². The summed E-state index contributed by atoms with van der Waals surface area (Å²) in [6, 6.07) is 14.2. The number of rotatable bonds is 7. The Hall–Kier alpha value is -1.74. The highest BCUT2D eigenvalue weighted by Gasteiger charge is 2.17.